The van der Waals surface area contributed by atoms with Crippen molar-refractivity contribution in [3.8, 4) is 22.8 Å². The van der Waals surface area contributed by atoms with Gasteiger partial charge in [-0.2, -0.15) is 0 Å². The zero-order valence-corrected chi connectivity index (χ0v) is 17.7. The number of amides is 1. The van der Waals surface area contributed by atoms with Crippen molar-refractivity contribution in [2.24, 2.45) is 0 Å². The van der Waals surface area contributed by atoms with E-state index in [0.29, 0.717) is 23.6 Å². The van der Waals surface area contributed by atoms with E-state index in [2.05, 4.69) is 22.2 Å². The van der Waals surface area contributed by atoms with Crippen LogP contribution in [-0.2, 0) is 6.54 Å². The van der Waals surface area contributed by atoms with E-state index >= 15 is 0 Å². The fourth-order valence-electron chi connectivity index (χ4n) is 3.73. The van der Waals surface area contributed by atoms with Gasteiger partial charge in [-0.15, -0.1) is 0 Å². The average molecular weight is 412 g/mol. The summed E-state index contributed by atoms with van der Waals surface area (Å²) in [5.41, 5.74) is 3.63. The van der Waals surface area contributed by atoms with Crippen molar-refractivity contribution < 1.29 is 4.79 Å². The van der Waals surface area contributed by atoms with Gasteiger partial charge in [-0.05, 0) is 18.9 Å². The van der Waals surface area contributed by atoms with E-state index in [1.54, 1.807) is 18.6 Å². The van der Waals surface area contributed by atoms with Crippen molar-refractivity contribution in [1.82, 2.24) is 24.8 Å². The maximum absolute atomic E-state index is 13.6. The second kappa shape index (κ2) is 9.34. The Labute approximate surface area is 182 Å². The fourth-order valence-corrected chi connectivity index (χ4v) is 3.73. The van der Waals surface area contributed by atoms with Crippen LogP contribution in [0.2, 0.25) is 0 Å². The van der Waals surface area contributed by atoms with Crippen LogP contribution in [0, 0.1) is 0 Å². The van der Waals surface area contributed by atoms with Crippen LogP contribution in [0.4, 0.5) is 0 Å². The van der Waals surface area contributed by atoms with E-state index in [1.165, 1.54) is 0 Å². The summed E-state index contributed by atoms with van der Waals surface area (Å²) in [6.07, 6.45) is 5.65. The Morgan fingerprint density at radius 1 is 1.00 bits per heavy atom. The second-order valence-electron chi connectivity index (χ2n) is 7.18. The lowest BCUT2D eigenvalue weighted by atomic mass is 10.0. The monoisotopic (exact) mass is 411 g/mol. The zero-order valence-electron chi connectivity index (χ0n) is 17.7. The van der Waals surface area contributed by atoms with Crippen molar-refractivity contribution in [2.45, 2.75) is 32.9 Å². The lowest BCUT2D eigenvalue weighted by Gasteiger charge is -2.19. The number of nitrogens with zero attached hydrogens (tertiary/aromatic N) is 4. The predicted octanol–water partition coefficient (Wildman–Crippen LogP) is 4.91. The summed E-state index contributed by atoms with van der Waals surface area (Å²) >= 11 is 0. The molecular weight excluding hydrogens is 386 g/mol. The lowest BCUT2D eigenvalue weighted by molar-refractivity contribution is 0.0927. The van der Waals surface area contributed by atoms with Crippen LogP contribution in [0.15, 0.2) is 79.3 Å². The topological polar surface area (TPSA) is 72.7 Å². The highest BCUT2D eigenvalue weighted by Gasteiger charge is 2.26. The van der Waals surface area contributed by atoms with Gasteiger partial charge in [0.05, 0.1) is 12.2 Å². The Morgan fingerprint density at radius 3 is 2.32 bits per heavy atom. The lowest BCUT2D eigenvalue weighted by Crippen LogP contribution is -2.30. The van der Waals surface area contributed by atoms with Gasteiger partial charge in [0, 0.05) is 24.5 Å². The van der Waals surface area contributed by atoms with Gasteiger partial charge in [-0.3, -0.25) is 14.8 Å². The minimum atomic E-state index is -0.173. The zero-order chi connectivity index (χ0) is 21.6. The summed E-state index contributed by atoms with van der Waals surface area (Å²) in [5.74, 6) is 0.564. The molecule has 0 aliphatic heterocycles. The van der Waals surface area contributed by atoms with Gasteiger partial charge in [0.2, 0.25) is 0 Å². The minimum absolute atomic E-state index is 0.0937. The highest BCUT2D eigenvalue weighted by molar-refractivity contribution is 5.99. The molecule has 0 saturated heterocycles. The molecule has 6 heteroatoms. The third kappa shape index (κ3) is 4.23. The Kier molecular flexibility index (Phi) is 6.17. The van der Waals surface area contributed by atoms with Gasteiger partial charge in [-0.25, -0.2) is 4.98 Å². The molecule has 0 unspecified atom stereocenters. The number of rotatable bonds is 7. The van der Waals surface area contributed by atoms with Crippen LogP contribution in [-0.4, -0.2) is 25.4 Å². The summed E-state index contributed by atoms with van der Waals surface area (Å²) in [5, 5.41) is 3.20. The van der Waals surface area contributed by atoms with Crippen LogP contribution >= 0.6 is 0 Å². The van der Waals surface area contributed by atoms with Gasteiger partial charge in [0.25, 0.3) is 5.91 Å². The molecule has 0 saturated carbocycles. The van der Waals surface area contributed by atoms with E-state index < -0.39 is 0 Å². The van der Waals surface area contributed by atoms with E-state index in [9.17, 15) is 4.79 Å². The summed E-state index contributed by atoms with van der Waals surface area (Å²) in [6.45, 7) is 4.68. The first kappa shape index (κ1) is 20.5. The Balaban J connectivity index is 1.81. The second-order valence-corrected chi connectivity index (χ2v) is 7.18. The average Bonchev–Trinajstić information content (AvgIpc) is 3.24. The summed E-state index contributed by atoms with van der Waals surface area (Å²) in [6, 6.07) is 19.8. The van der Waals surface area contributed by atoms with Crippen molar-refractivity contribution in [3.05, 3.63) is 90.5 Å². The normalized spacial score (nSPS) is 11.8. The molecule has 1 amide bonds. The molecule has 0 aliphatic rings. The van der Waals surface area contributed by atoms with Gasteiger partial charge in [0.1, 0.15) is 22.9 Å². The Bertz CT molecular complexity index is 1140. The maximum atomic E-state index is 13.6. The standard InChI is InChI=1S/C25H25N5O/c1-3-20(18-11-7-5-8-12-18)28-25(31)23-22(21-17-26-15-16-27-21)29-24(30(23)4-2)19-13-9-6-10-14-19/h5-17,20H,3-4H2,1-2H3,(H,28,31)/t20-/m0/s1. The molecule has 0 aliphatic carbocycles. The summed E-state index contributed by atoms with van der Waals surface area (Å²) < 4.78 is 1.95. The van der Waals surface area contributed by atoms with Crippen LogP contribution in [0.3, 0.4) is 0 Å². The summed E-state index contributed by atoms with van der Waals surface area (Å²) in [4.78, 5) is 27.0. The van der Waals surface area contributed by atoms with Gasteiger partial charge in [0.15, 0.2) is 0 Å². The van der Waals surface area contributed by atoms with E-state index in [1.807, 2.05) is 72.2 Å². The van der Waals surface area contributed by atoms with Crippen molar-refractivity contribution in [2.75, 3.05) is 0 Å². The first-order valence-electron chi connectivity index (χ1n) is 10.5. The molecule has 0 spiro atoms. The SMILES string of the molecule is CC[C@H](NC(=O)c1c(-c2cnccn2)nc(-c2ccccc2)n1CC)c1ccccc1. The van der Waals surface area contributed by atoms with Crippen molar-refractivity contribution in [1.29, 1.82) is 0 Å². The van der Waals surface area contributed by atoms with Gasteiger partial charge >= 0.3 is 0 Å². The van der Waals surface area contributed by atoms with E-state index in [-0.39, 0.29) is 11.9 Å². The number of hydrogen-bond donors (Lipinski definition) is 1. The first-order valence-corrected chi connectivity index (χ1v) is 10.5. The number of aromatic nitrogens is 4. The van der Waals surface area contributed by atoms with Crippen LogP contribution in [0.5, 0.6) is 0 Å². The Hall–Kier alpha value is -3.80. The molecule has 0 fully saturated rings. The number of imidazole rings is 1. The van der Waals surface area contributed by atoms with Crippen molar-refractivity contribution in [3.63, 3.8) is 0 Å². The molecule has 31 heavy (non-hydrogen) atoms. The minimum Gasteiger partial charge on any atom is -0.344 e. The largest absolute Gasteiger partial charge is 0.344 e. The predicted molar refractivity (Wildman–Crippen MR) is 121 cm³/mol. The molecule has 4 rings (SSSR count). The number of benzene rings is 2. The number of carbonyl (C=O) groups excluding carboxylic acids is 1. The third-order valence-electron chi connectivity index (χ3n) is 5.25. The molecule has 0 bridgehead atoms. The Morgan fingerprint density at radius 2 is 1.71 bits per heavy atom. The molecule has 1 N–H and O–H groups in total. The molecule has 4 aromatic rings. The highest BCUT2D eigenvalue weighted by Crippen LogP contribution is 2.29. The summed E-state index contributed by atoms with van der Waals surface area (Å²) in [7, 11) is 0. The van der Waals surface area contributed by atoms with Crippen LogP contribution < -0.4 is 5.32 Å². The molecule has 156 valence electrons. The molecule has 2 heterocycles. The van der Waals surface area contributed by atoms with E-state index in [4.69, 9.17) is 4.98 Å². The molecule has 2 aromatic heterocycles. The van der Waals surface area contributed by atoms with Crippen LogP contribution in [0.1, 0.15) is 42.4 Å². The molecule has 1 atom stereocenters. The van der Waals surface area contributed by atoms with Crippen LogP contribution in [0.25, 0.3) is 22.8 Å². The number of nitrogens with one attached hydrogen (secondary N) is 1. The molecule has 0 radical (unpaired) electrons. The first-order chi connectivity index (χ1) is 15.2. The van der Waals surface area contributed by atoms with Crippen molar-refractivity contribution >= 4 is 5.91 Å². The molecular formula is C25H25N5O. The van der Waals surface area contributed by atoms with E-state index in [0.717, 1.165) is 23.4 Å². The fraction of sp³-hybridized carbons (Fsp3) is 0.200. The highest BCUT2D eigenvalue weighted by atomic mass is 16.2. The number of carbonyl (C=O) groups is 1. The quantitative estimate of drug-likeness (QED) is 0.469. The smallest absolute Gasteiger partial charge is 0.270 e. The van der Waals surface area contributed by atoms with Gasteiger partial charge in [-0.1, -0.05) is 67.6 Å². The molecule has 2 aromatic carbocycles. The maximum Gasteiger partial charge on any atom is 0.270 e. The number of hydrogen-bond acceptors (Lipinski definition) is 4. The van der Waals surface area contributed by atoms with Gasteiger partial charge < -0.3 is 9.88 Å². The third-order valence-corrected chi connectivity index (χ3v) is 5.25. The molecule has 6 nitrogen and oxygen atoms in total.